The minimum absolute atomic E-state index is 0.0346. The number of alkyl halides is 3. The van der Waals surface area contributed by atoms with Crippen LogP contribution in [-0.2, 0) is 12.7 Å². The highest BCUT2D eigenvalue weighted by atomic mass is 35.5. The lowest BCUT2D eigenvalue weighted by Gasteiger charge is -2.13. The predicted molar refractivity (Wildman–Crippen MR) is 76.8 cm³/mol. The van der Waals surface area contributed by atoms with Gasteiger partial charge in [-0.05, 0) is 24.3 Å². The summed E-state index contributed by atoms with van der Waals surface area (Å²) in [6, 6.07) is 10.7. The van der Waals surface area contributed by atoms with E-state index in [4.69, 9.17) is 16.3 Å². The Labute approximate surface area is 125 Å². The van der Waals surface area contributed by atoms with Crippen molar-refractivity contribution in [2.75, 3.05) is 12.4 Å². The van der Waals surface area contributed by atoms with E-state index in [9.17, 15) is 13.2 Å². The van der Waals surface area contributed by atoms with Crippen molar-refractivity contribution in [2.45, 2.75) is 12.7 Å². The molecule has 0 radical (unpaired) electrons. The second-order valence-electron chi connectivity index (χ2n) is 4.39. The standard InChI is InChI=1S/C15H13ClF3NO/c1-21-14-5-3-2-4-10(14)9-20-13-7-11(15(17,18)19)6-12(16)8-13/h2-8,20H,9H2,1H3. The lowest BCUT2D eigenvalue weighted by molar-refractivity contribution is -0.137. The van der Waals surface area contributed by atoms with Gasteiger partial charge >= 0.3 is 6.18 Å². The summed E-state index contributed by atoms with van der Waals surface area (Å²) in [5.74, 6) is 0.670. The summed E-state index contributed by atoms with van der Waals surface area (Å²) in [7, 11) is 1.54. The number of hydrogen-bond acceptors (Lipinski definition) is 2. The Morgan fingerprint density at radius 3 is 2.52 bits per heavy atom. The fourth-order valence-corrected chi connectivity index (χ4v) is 2.14. The van der Waals surface area contributed by atoms with Crippen molar-refractivity contribution >= 4 is 17.3 Å². The Bertz CT molecular complexity index is 629. The Hall–Kier alpha value is -1.88. The molecule has 0 spiro atoms. The highest BCUT2D eigenvalue weighted by molar-refractivity contribution is 6.30. The first kappa shape index (κ1) is 15.5. The van der Waals surface area contributed by atoms with Crippen LogP contribution in [0.25, 0.3) is 0 Å². The average molecular weight is 316 g/mol. The van der Waals surface area contributed by atoms with Gasteiger partial charge < -0.3 is 10.1 Å². The number of anilines is 1. The first-order valence-electron chi connectivity index (χ1n) is 6.13. The molecule has 0 heterocycles. The number of para-hydroxylation sites is 1. The van der Waals surface area contributed by atoms with Crippen LogP contribution >= 0.6 is 11.6 Å². The molecule has 0 amide bonds. The van der Waals surface area contributed by atoms with Crippen molar-refractivity contribution in [3.05, 3.63) is 58.6 Å². The Morgan fingerprint density at radius 1 is 1.14 bits per heavy atom. The molecular weight excluding hydrogens is 303 g/mol. The predicted octanol–water partition coefficient (Wildman–Crippen LogP) is 4.98. The van der Waals surface area contributed by atoms with Gasteiger partial charge in [-0.25, -0.2) is 0 Å². The minimum Gasteiger partial charge on any atom is -0.496 e. The van der Waals surface area contributed by atoms with E-state index in [0.717, 1.165) is 17.7 Å². The third-order valence-electron chi connectivity index (χ3n) is 2.90. The third-order valence-corrected chi connectivity index (χ3v) is 3.12. The quantitative estimate of drug-likeness (QED) is 0.859. The van der Waals surface area contributed by atoms with Crippen LogP contribution in [-0.4, -0.2) is 7.11 Å². The van der Waals surface area contributed by atoms with Crippen molar-refractivity contribution in [2.24, 2.45) is 0 Å². The van der Waals surface area contributed by atoms with Crippen LogP contribution in [0.2, 0.25) is 5.02 Å². The molecule has 0 aliphatic heterocycles. The lowest BCUT2D eigenvalue weighted by atomic mass is 10.1. The maximum atomic E-state index is 12.7. The fraction of sp³-hybridized carbons (Fsp3) is 0.200. The molecule has 0 saturated carbocycles. The summed E-state index contributed by atoms with van der Waals surface area (Å²) in [6.45, 7) is 0.335. The summed E-state index contributed by atoms with van der Waals surface area (Å²) < 4.78 is 43.4. The van der Waals surface area contributed by atoms with E-state index in [-0.39, 0.29) is 5.02 Å². The number of hydrogen-bond donors (Lipinski definition) is 1. The van der Waals surface area contributed by atoms with Gasteiger partial charge in [-0.2, -0.15) is 13.2 Å². The maximum Gasteiger partial charge on any atom is 0.416 e. The monoisotopic (exact) mass is 315 g/mol. The van der Waals surface area contributed by atoms with Crippen LogP contribution in [0.5, 0.6) is 5.75 Å². The fourth-order valence-electron chi connectivity index (χ4n) is 1.90. The van der Waals surface area contributed by atoms with E-state index in [0.29, 0.717) is 18.0 Å². The van der Waals surface area contributed by atoms with Crippen molar-refractivity contribution in [1.82, 2.24) is 0 Å². The summed E-state index contributed by atoms with van der Waals surface area (Å²) in [5, 5.41) is 2.96. The van der Waals surface area contributed by atoms with Gasteiger partial charge in [0.15, 0.2) is 0 Å². The number of methoxy groups -OCH3 is 1. The molecule has 0 aliphatic carbocycles. The van der Waals surface area contributed by atoms with Gasteiger partial charge in [0.2, 0.25) is 0 Å². The second-order valence-corrected chi connectivity index (χ2v) is 4.83. The summed E-state index contributed by atoms with van der Waals surface area (Å²) in [4.78, 5) is 0. The van der Waals surface area contributed by atoms with E-state index < -0.39 is 11.7 Å². The lowest BCUT2D eigenvalue weighted by Crippen LogP contribution is -2.07. The molecule has 2 rings (SSSR count). The van der Waals surface area contributed by atoms with Crippen LogP contribution in [0.15, 0.2) is 42.5 Å². The van der Waals surface area contributed by atoms with E-state index in [1.165, 1.54) is 6.07 Å². The van der Waals surface area contributed by atoms with Crippen LogP contribution in [0, 0.1) is 0 Å². The molecule has 1 N–H and O–H groups in total. The van der Waals surface area contributed by atoms with Crippen LogP contribution in [0.4, 0.5) is 18.9 Å². The Morgan fingerprint density at radius 2 is 1.86 bits per heavy atom. The van der Waals surface area contributed by atoms with Gasteiger partial charge in [-0.1, -0.05) is 29.8 Å². The molecule has 2 nitrogen and oxygen atoms in total. The molecule has 0 bridgehead atoms. The topological polar surface area (TPSA) is 21.3 Å². The average Bonchev–Trinajstić information content (AvgIpc) is 2.44. The first-order valence-corrected chi connectivity index (χ1v) is 6.51. The van der Waals surface area contributed by atoms with Gasteiger partial charge in [0.05, 0.1) is 12.7 Å². The third kappa shape index (κ3) is 4.04. The minimum atomic E-state index is -4.42. The van der Waals surface area contributed by atoms with Crippen LogP contribution in [0.1, 0.15) is 11.1 Å². The van der Waals surface area contributed by atoms with Crippen molar-refractivity contribution < 1.29 is 17.9 Å². The Kier molecular flexibility index (Phi) is 4.63. The van der Waals surface area contributed by atoms with Gasteiger partial charge in [0.1, 0.15) is 5.75 Å². The summed E-state index contributed by atoms with van der Waals surface area (Å²) in [5.41, 5.74) is 0.367. The molecule has 0 unspecified atom stereocenters. The highest BCUT2D eigenvalue weighted by Crippen LogP contribution is 2.33. The number of ether oxygens (including phenoxy) is 1. The van der Waals surface area contributed by atoms with Gasteiger partial charge in [-0.3, -0.25) is 0 Å². The zero-order valence-electron chi connectivity index (χ0n) is 11.2. The molecular formula is C15H13ClF3NO. The smallest absolute Gasteiger partial charge is 0.416 e. The molecule has 21 heavy (non-hydrogen) atoms. The zero-order valence-corrected chi connectivity index (χ0v) is 11.9. The number of nitrogens with one attached hydrogen (secondary N) is 1. The molecule has 0 aliphatic rings. The van der Waals surface area contributed by atoms with Crippen molar-refractivity contribution in [1.29, 1.82) is 0 Å². The second kappa shape index (κ2) is 6.26. The molecule has 2 aromatic carbocycles. The molecule has 2 aromatic rings. The number of halogens is 4. The summed E-state index contributed by atoms with van der Waals surface area (Å²) >= 11 is 5.73. The van der Waals surface area contributed by atoms with Crippen LogP contribution in [0.3, 0.4) is 0 Å². The number of rotatable bonds is 4. The molecule has 112 valence electrons. The summed E-state index contributed by atoms with van der Waals surface area (Å²) in [6.07, 6.45) is -4.42. The van der Waals surface area contributed by atoms with E-state index in [1.807, 2.05) is 18.2 Å². The van der Waals surface area contributed by atoms with E-state index in [1.54, 1.807) is 13.2 Å². The van der Waals surface area contributed by atoms with Crippen molar-refractivity contribution in [3.63, 3.8) is 0 Å². The highest BCUT2D eigenvalue weighted by Gasteiger charge is 2.31. The van der Waals surface area contributed by atoms with E-state index >= 15 is 0 Å². The van der Waals surface area contributed by atoms with Crippen LogP contribution < -0.4 is 10.1 Å². The van der Waals surface area contributed by atoms with E-state index in [2.05, 4.69) is 5.32 Å². The molecule has 0 atom stereocenters. The SMILES string of the molecule is COc1ccccc1CNc1cc(Cl)cc(C(F)(F)F)c1. The van der Waals surface area contributed by atoms with Crippen molar-refractivity contribution in [3.8, 4) is 5.75 Å². The number of benzene rings is 2. The molecule has 0 saturated heterocycles. The zero-order chi connectivity index (χ0) is 15.5. The van der Waals surface area contributed by atoms with Gasteiger partial charge in [-0.15, -0.1) is 0 Å². The molecule has 6 heteroatoms. The largest absolute Gasteiger partial charge is 0.496 e. The van der Waals surface area contributed by atoms with Gasteiger partial charge in [0, 0.05) is 22.8 Å². The molecule has 0 fully saturated rings. The maximum absolute atomic E-state index is 12.7. The Balaban J connectivity index is 2.19. The van der Waals surface area contributed by atoms with Gasteiger partial charge in [0.25, 0.3) is 0 Å². The first-order chi connectivity index (χ1) is 9.90. The normalized spacial score (nSPS) is 11.3. The molecule has 0 aromatic heterocycles.